The van der Waals surface area contributed by atoms with E-state index in [4.69, 9.17) is 9.84 Å². The van der Waals surface area contributed by atoms with Crippen molar-refractivity contribution in [2.75, 3.05) is 27.3 Å². The van der Waals surface area contributed by atoms with E-state index in [0.717, 1.165) is 18.7 Å². The molecular formula is C14H21NO3. The summed E-state index contributed by atoms with van der Waals surface area (Å²) in [5, 5.41) is 8.93. The van der Waals surface area contributed by atoms with Crippen molar-refractivity contribution in [1.82, 2.24) is 4.90 Å². The number of carbonyl (C=O) groups is 1. The van der Waals surface area contributed by atoms with Crippen LogP contribution in [0.15, 0.2) is 24.3 Å². The number of methoxy groups -OCH3 is 1. The van der Waals surface area contributed by atoms with Crippen LogP contribution in [0.1, 0.15) is 24.0 Å². The molecule has 1 aromatic carbocycles. The molecule has 0 aromatic heterocycles. The summed E-state index contributed by atoms with van der Waals surface area (Å²) in [7, 11) is 3.72. The Labute approximate surface area is 108 Å². The Hall–Kier alpha value is -1.39. The molecule has 1 atom stereocenters. The average molecular weight is 251 g/mol. The second kappa shape index (κ2) is 7.13. The van der Waals surface area contributed by atoms with Gasteiger partial charge in [-0.1, -0.05) is 24.3 Å². The monoisotopic (exact) mass is 251 g/mol. The van der Waals surface area contributed by atoms with Crippen molar-refractivity contribution in [2.24, 2.45) is 0 Å². The van der Waals surface area contributed by atoms with E-state index in [1.807, 2.05) is 31.3 Å². The number of carboxylic acids is 1. The smallest absolute Gasteiger partial charge is 0.310 e. The van der Waals surface area contributed by atoms with Gasteiger partial charge in [-0.15, -0.1) is 0 Å². The molecule has 0 amide bonds. The predicted octanol–water partition coefficient (Wildman–Crippen LogP) is 1.95. The highest BCUT2D eigenvalue weighted by Gasteiger charge is 2.13. The highest BCUT2D eigenvalue weighted by atomic mass is 16.5. The molecule has 4 nitrogen and oxygen atoms in total. The Bertz CT molecular complexity index is 375. The van der Waals surface area contributed by atoms with Crippen molar-refractivity contribution < 1.29 is 14.6 Å². The van der Waals surface area contributed by atoms with E-state index in [1.165, 1.54) is 5.56 Å². The summed E-state index contributed by atoms with van der Waals surface area (Å²) in [6, 6.07) is 7.74. The SMILES string of the molecule is COCCN(C)Cc1ccc(C(C)C(=O)O)cc1. The first kappa shape index (κ1) is 14.7. The lowest BCUT2D eigenvalue weighted by atomic mass is 10.00. The van der Waals surface area contributed by atoms with E-state index in [9.17, 15) is 4.79 Å². The lowest BCUT2D eigenvalue weighted by Crippen LogP contribution is -2.22. The number of rotatable bonds is 7. The summed E-state index contributed by atoms with van der Waals surface area (Å²) < 4.78 is 5.02. The van der Waals surface area contributed by atoms with E-state index in [0.29, 0.717) is 6.61 Å². The van der Waals surface area contributed by atoms with E-state index < -0.39 is 11.9 Å². The maximum Gasteiger partial charge on any atom is 0.310 e. The normalized spacial score (nSPS) is 12.7. The summed E-state index contributed by atoms with van der Waals surface area (Å²) in [6.45, 7) is 4.13. The molecule has 1 unspecified atom stereocenters. The molecule has 0 aliphatic carbocycles. The van der Waals surface area contributed by atoms with Gasteiger partial charge in [0.2, 0.25) is 0 Å². The Kier molecular flexibility index (Phi) is 5.82. The van der Waals surface area contributed by atoms with Crippen LogP contribution in [0, 0.1) is 0 Å². The summed E-state index contributed by atoms with van der Waals surface area (Å²) in [5.74, 6) is -1.25. The third kappa shape index (κ3) is 4.47. The number of nitrogens with zero attached hydrogens (tertiary/aromatic N) is 1. The highest BCUT2D eigenvalue weighted by molar-refractivity contribution is 5.75. The first-order valence-corrected chi connectivity index (χ1v) is 6.03. The molecule has 4 heteroatoms. The van der Waals surface area contributed by atoms with Gasteiger partial charge in [0.25, 0.3) is 0 Å². The second-order valence-electron chi connectivity index (χ2n) is 4.53. The lowest BCUT2D eigenvalue weighted by Gasteiger charge is -2.16. The van der Waals surface area contributed by atoms with E-state index >= 15 is 0 Å². The number of carboxylic acid groups (broad SMARTS) is 1. The molecule has 1 aromatic rings. The zero-order chi connectivity index (χ0) is 13.5. The van der Waals surface area contributed by atoms with Crippen LogP contribution in [0.25, 0.3) is 0 Å². The van der Waals surface area contributed by atoms with Crippen molar-refractivity contribution in [3.8, 4) is 0 Å². The molecule has 0 spiro atoms. The standard InChI is InChI=1S/C14H21NO3/c1-11(14(16)17)13-6-4-12(5-7-13)10-15(2)8-9-18-3/h4-7,11H,8-10H2,1-3H3,(H,16,17). The van der Waals surface area contributed by atoms with Crippen molar-refractivity contribution in [1.29, 1.82) is 0 Å². The molecule has 0 fully saturated rings. The first-order valence-electron chi connectivity index (χ1n) is 6.03. The minimum atomic E-state index is -0.792. The van der Waals surface area contributed by atoms with Crippen molar-refractivity contribution >= 4 is 5.97 Å². The summed E-state index contributed by atoms with van der Waals surface area (Å²) >= 11 is 0. The summed E-state index contributed by atoms with van der Waals surface area (Å²) in [4.78, 5) is 13.0. The first-order chi connectivity index (χ1) is 8.54. The Morgan fingerprint density at radius 2 is 2.00 bits per heavy atom. The number of hydrogen-bond donors (Lipinski definition) is 1. The van der Waals surface area contributed by atoms with Gasteiger partial charge in [0.1, 0.15) is 0 Å². The van der Waals surface area contributed by atoms with Crippen LogP contribution in [-0.4, -0.2) is 43.3 Å². The Balaban J connectivity index is 2.57. The maximum atomic E-state index is 10.9. The van der Waals surface area contributed by atoms with Gasteiger partial charge in [0.05, 0.1) is 12.5 Å². The third-order valence-corrected chi connectivity index (χ3v) is 2.98. The molecule has 0 saturated carbocycles. The molecule has 100 valence electrons. The zero-order valence-electron chi connectivity index (χ0n) is 11.2. The predicted molar refractivity (Wildman–Crippen MR) is 70.7 cm³/mol. The van der Waals surface area contributed by atoms with Gasteiger partial charge in [0, 0.05) is 20.2 Å². The fourth-order valence-electron chi connectivity index (χ4n) is 1.69. The minimum absolute atomic E-state index is 0.453. The highest BCUT2D eigenvalue weighted by Crippen LogP contribution is 2.16. The summed E-state index contributed by atoms with van der Waals surface area (Å²) in [6.07, 6.45) is 0. The van der Waals surface area contributed by atoms with Crippen molar-refractivity contribution in [3.63, 3.8) is 0 Å². The molecule has 1 rings (SSSR count). The number of aliphatic carboxylic acids is 1. The molecule has 0 saturated heterocycles. The quantitative estimate of drug-likeness (QED) is 0.804. The van der Waals surface area contributed by atoms with Gasteiger partial charge in [0.15, 0.2) is 0 Å². The van der Waals surface area contributed by atoms with Gasteiger partial charge in [-0.3, -0.25) is 9.69 Å². The topological polar surface area (TPSA) is 49.8 Å². The van der Waals surface area contributed by atoms with Gasteiger partial charge >= 0.3 is 5.97 Å². The summed E-state index contributed by atoms with van der Waals surface area (Å²) in [5.41, 5.74) is 2.01. The number of ether oxygens (including phenoxy) is 1. The van der Waals surface area contributed by atoms with Crippen LogP contribution in [0.2, 0.25) is 0 Å². The van der Waals surface area contributed by atoms with Gasteiger partial charge in [-0.25, -0.2) is 0 Å². The zero-order valence-corrected chi connectivity index (χ0v) is 11.2. The fourth-order valence-corrected chi connectivity index (χ4v) is 1.69. The van der Waals surface area contributed by atoms with Crippen LogP contribution in [-0.2, 0) is 16.1 Å². The fraction of sp³-hybridized carbons (Fsp3) is 0.500. The van der Waals surface area contributed by atoms with E-state index in [-0.39, 0.29) is 0 Å². The lowest BCUT2D eigenvalue weighted by molar-refractivity contribution is -0.138. The number of hydrogen-bond acceptors (Lipinski definition) is 3. The molecule has 1 N–H and O–H groups in total. The van der Waals surface area contributed by atoms with Crippen LogP contribution < -0.4 is 0 Å². The second-order valence-corrected chi connectivity index (χ2v) is 4.53. The van der Waals surface area contributed by atoms with Crippen LogP contribution in [0.4, 0.5) is 0 Å². The number of benzene rings is 1. The molecule has 18 heavy (non-hydrogen) atoms. The van der Waals surface area contributed by atoms with Gasteiger partial charge in [-0.2, -0.15) is 0 Å². The third-order valence-electron chi connectivity index (χ3n) is 2.98. The maximum absolute atomic E-state index is 10.9. The molecule has 0 aliphatic heterocycles. The van der Waals surface area contributed by atoms with Crippen LogP contribution >= 0.6 is 0 Å². The van der Waals surface area contributed by atoms with Crippen molar-refractivity contribution in [2.45, 2.75) is 19.4 Å². The van der Waals surface area contributed by atoms with Crippen LogP contribution in [0.5, 0.6) is 0 Å². The molecule has 0 aliphatic rings. The number of likely N-dealkylation sites (N-methyl/N-ethyl adjacent to an activating group) is 1. The molecule has 0 radical (unpaired) electrons. The van der Waals surface area contributed by atoms with Crippen LogP contribution in [0.3, 0.4) is 0 Å². The largest absolute Gasteiger partial charge is 0.481 e. The average Bonchev–Trinajstić information content (AvgIpc) is 2.36. The van der Waals surface area contributed by atoms with E-state index in [1.54, 1.807) is 14.0 Å². The molecule has 0 bridgehead atoms. The Morgan fingerprint density at radius 3 is 2.50 bits per heavy atom. The van der Waals surface area contributed by atoms with E-state index in [2.05, 4.69) is 4.90 Å². The molecular weight excluding hydrogens is 230 g/mol. The van der Waals surface area contributed by atoms with Crippen molar-refractivity contribution in [3.05, 3.63) is 35.4 Å². The van der Waals surface area contributed by atoms with Gasteiger partial charge in [-0.05, 0) is 25.1 Å². The minimum Gasteiger partial charge on any atom is -0.481 e. The Morgan fingerprint density at radius 1 is 1.39 bits per heavy atom. The molecule has 0 heterocycles. The van der Waals surface area contributed by atoms with Gasteiger partial charge < -0.3 is 9.84 Å².